The van der Waals surface area contributed by atoms with Gasteiger partial charge in [-0.25, -0.2) is 13.8 Å². The first-order valence-corrected chi connectivity index (χ1v) is 11.8. The lowest BCUT2D eigenvalue weighted by Gasteiger charge is -2.20. The number of nitrogens with one attached hydrogen (secondary N) is 5. The molecular formula is C25H27F2N7O4. The van der Waals surface area contributed by atoms with Gasteiger partial charge in [-0.2, -0.15) is 5.10 Å². The first-order chi connectivity index (χ1) is 18.2. The number of aryl methyl sites for hydroxylation is 1. The summed E-state index contributed by atoms with van der Waals surface area (Å²) in [7, 11) is 1.20. The van der Waals surface area contributed by atoms with Crippen molar-refractivity contribution in [2.45, 2.75) is 25.6 Å². The number of nitrogens with zero attached hydrogens (tertiary/aromatic N) is 2. The van der Waals surface area contributed by atoms with Crippen molar-refractivity contribution in [3.05, 3.63) is 59.0 Å². The SMILES string of the molecule is COC(=O)C[C@H](NC(=O)CNC(=O)c1cc(NC2=NCC(F)CN2)c2cn[nH]c2c1)c1cc(C)ccc1F. The number of alkyl halides is 1. The van der Waals surface area contributed by atoms with Crippen LogP contribution in [0.25, 0.3) is 10.9 Å². The summed E-state index contributed by atoms with van der Waals surface area (Å²) in [5, 5.41) is 18.5. The number of esters is 1. The fraction of sp³-hybridized carbons (Fsp3) is 0.320. The maximum absolute atomic E-state index is 14.5. The van der Waals surface area contributed by atoms with Crippen molar-refractivity contribution in [3.63, 3.8) is 0 Å². The summed E-state index contributed by atoms with van der Waals surface area (Å²) in [6, 6.07) is 6.50. The number of ether oxygens (including phenoxy) is 1. The third kappa shape index (κ3) is 6.41. The van der Waals surface area contributed by atoms with Crippen LogP contribution in [0.5, 0.6) is 0 Å². The molecule has 0 saturated heterocycles. The third-order valence-corrected chi connectivity index (χ3v) is 5.88. The Balaban J connectivity index is 1.45. The van der Waals surface area contributed by atoms with E-state index in [4.69, 9.17) is 0 Å². The molecule has 11 nitrogen and oxygen atoms in total. The van der Waals surface area contributed by atoms with Crippen LogP contribution in [-0.4, -0.2) is 66.9 Å². The van der Waals surface area contributed by atoms with Crippen molar-refractivity contribution in [3.8, 4) is 0 Å². The van der Waals surface area contributed by atoms with Gasteiger partial charge in [0.2, 0.25) is 5.91 Å². The average Bonchev–Trinajstić information content (AvgIpc) is 3.38. The molecule has 5 N–H and O–H groups in total. The summed E-state index contributed by atoms with van der Waals surface area (Å²) < 4.78 is 32.5. The minimum atomic E-state index is -1.08. The summed E-state index contributed by atoms with van der Waals surface area (Å²) in [6.07, 6.45) is 0.204. The number of carbonyl (C=O) groups is 3. The molecule has 0 saturated carbocycles. The molecule has 200 valence electrons. The molecule has 0 spiro atoms. The second-order valence-corrected chi connectivity index (χ2v) is 8.76. The molecule has 1 aliphatic heterocycles. The van der Waals surface area contributed by atoms with Crippen molar-refractivity contribution in [2.75, 3.05) is 32.1 Å². The molecule has 1 unspecified atom stereocenters. The van der Waals surface area contributed by atoms with Crippen LogP contribution in [0.2, 0.25) is 0 Å². The van der Waals surface area contributed by atoms with Crippen molar-refractivity contribution < 1.29 is 27.9 Å². The quantitative estimate of drug-likeness (QED) is 0.281. The van der Waals surface area contributed by atoms with Crippen LogP contribution in [0, 0.1) is 12.7 Å². The van der Waals surface area contributed by atoms with Crippen LogP contribution >= 0.6 is 0 Å². The molecular weight excluding hydrogens is 500 g/mol. The Morgan fingerprint density at radius 2 is 2.05 bits per heavy atom. The van der Waals surface area contributed by atoms with E-state index in [1.54, 1.807) is 31.3 Å². The number of aliphatic imine (C=N–C) groups is 1. The highest BCUT2D eigenvalue weighted by molar-refractivity contribution is 6.07. The number of benzene rings is 2. The number of amides is 2. The number of guanidine groups is 1. The lowest BCUT2D eigenvalue weighted by atomic mass is 10.0. The van der Waals surface area contributed by atoms with E-state index >= 15 is 0 Å². The number of aromatic amines is 1. The van der Waals surface area contributed by atoms with E-state index in [9.17, 15) is 23.2 Å². The number of anilines is 1. The number of H-pyrrole nitrogens is 1. The Morgan fingerprint density at radius 3 is 2.79 bits per heavy atom. The molecule has 4 rings (SSSR count). The Labute approximate surface area is 216 Å². The fourth-order valence-electron chi connectivity index (χ4n) is 3.94. The van der Waals surface area contributed by atoms with Crippen molar-refractivity contribution in [1.82, 2.24) is 26.1 Å². The molecule has 1 aliphatic rings. The number of carbonyl (C=O) groups excluding carboxylic acids is 3. The first-order valence-electron chi connectivity index (χ1n) is 11.8. The Morgan fingerprint density at radius 1 is 1.24 bits per heavy atom. The molecule has 0 radical (unpaired) electrons. The lowest BCUT2D eigenvalue weighted by molar-refractivity contribution is -0.141. The number of hydrogen-bond donors (Lipinski definition) is 5. The van der Waals surface area contributed by atoms with E-state index in [2.05, 4.69) is 41.2 Å². The Kier molecular flexibility index (Phi) is 8.14. The van der Waals surface area contributed by atoms with E-state index in [-0.39, 0.29) is 30.6 Å². The monoisotopic (exact) mass is 527 g/mol. The highest BCUT2D eigenvalue weighted by atomic mass is 19.1. The topological polar surface area (TPSA) is 150 Å². The van der Waals surface area contributed by atoms with E-state index in [1.165, 1.54) is 19.2 Å². The van der Waals surface area contributed by atoms with Crippen molar-refractivity contribution in [2.24, 2.45) is 4.99 Å². The molecule has 1 aromatic heterocycles. The second kappa shape index (κ2) is 11.7. The Hall–Kier alpha value is -4.55. The molecule has 3 aromatic rings. The molecule has 2 aromatic carbocycles. The maximum atomic E-state index is 14.5. The highest BCUT2D eigenvalue weighted by Gasteiger charge is 2.23. The summed E-state index contributed by atoms with van der Waals surface area (Å²) in [6.45, 7) is 1.45. The lowest BCUT2D eigenvalue weighted by Crippen LogP contribution is -2.41. The molecule has 38 heavy (non-hydrogen) atoms. The first kappa shape index (κ1) is 26.5. The van der Waals surface area contributed by atoms with Gasteiger partial charge in [0.25, 0.3) is 5.91 Å². The maximum Gasteiger partial charge on any atom is 0.307 e. The number of halogens is 2. The minimum Gasteiger partial charge on any atom is -0.469 e. The van der Waals surface area contributed by atoms with Crippen LogP contribution in [0.3, 0.4) is 0 Å². The number of rotatable bonds is 8. The zero-order valence-electron chi connectivity index (χ0n) is 20.7. The molecule has 13 heteroatoms. The summed E-state index contributed by atoms with van der Waals surface area (Å²) in [5.74, 6) is -2.05. The Bertz CT molecular complexity index is 1390. The molecule has 2 amide bonds. The van der Waals surface area contributed by atoms with E-state index < -0.39 is 42.4 Å². The summed E-state index contributed by atoms with van der Waals surface area (Å²) in [4.78, 5) is 41.6. The van der Waals surface area contributed by atoms with Gasteiger partial charge in [-0.3, -0.25) is 19.5 Å². The fourth-order valence-corrected chi connectivity index (χ4v) is 3.94. The van der Waals surface area contributed by atoms with Gasteiger partial charge in [0.15, 0.2) is 5.96 Å². The summed E-state index contributed by atoms with van der Waals surface area (Å²) >= 11 is 0. The average molecular weight is 528 g/mol. The van der Waals surface area contributed by atoms with Gasteiger partial charge in [-0.05, 0) is 25.1 Å². The number of hydrogen-bond acceptors (Lipinski definition) is 8. The predicted molar refractivity (Wildman–Crippen MR) is 136 cm³/mol. The van der Waals surface area contributed by atoms with Gasteiger partial charge < -0.3 is 26.0 Å². The van der Waals surface area contributed by atoms with Crippen molar-refractivity contribution >= 4 is 40.3 Å². The molecule has 0 bridgehead atoms. The van der Waals surface area contributed by atoms with Crippen LogP contribution in [0.15, 0.2) is 41.5 Å². The van der Waals surface area contributed by atoms with Gasteiger partial charge >= 0.3 is 5.97 Å². The minimum absolute atomic E-state index is 0.0164. The second-order valence-electron chi connectivity index (χ2n) is 8.76. The smallest absolute Gasteiger partial charge is 0.307 e. The van der Waals surface area contributed by atoms with Gasteiger partial charge in [-0.15, -0.1) is 0 Å². The van der Waals surface area contributed by atoms with Crippen molar-refractivity contribution in [1.29, 1.82) is 0 Å². The van der Waals surface area contributed by atoms with Crippen LogP contribution < -0.4 is 21.3 Å². The predicted octanol–water partition coefficient (Wildman–Crippen LogP) is 1.87. The van der Waals surface area contributed by atoms with E-state index in [1.807, 2.05) is 0 Å². The number of fused-ring (bicyclic) bond motifs is 1. The van der Waals surface area contributed by atoms with Gasteiger partial charge in [-0.1, -0.05) is 17.7 Å². The molecule has 0 aliphatic carbocycles. The van der Waals surface area contributed by atoms with E-state index in [0.29, 0.717) is 22.5 Å². The van der Waals surface area contributed by atoms with E-state index in [0.717, 1.165) is 5.56 Å². The summed E-state index contributed by atoms with van der Waals surface area (Å²) in [5.41, 5.74) is 2.15. The largest absolute Gasteiger partial charge is 0.469 e. The van der Waals surface area contributed by atoms with Gasteiger partial charge in [0, 0.05) is 16.5 Å². The third-order valence-electron chi connectivity index (χ3n) is 5.88. The van der Waals surface area contributed by atoms with Crippen LogP contribution in [-0.2, 0) is 14.3 Å². The van der Waals surface area contributed by atoms with Gasteiger partial charge in [0.1, 0.15) is 12.0 Å². The number of aromatic nitrogens is 2. The molecule has 2 heterocycles. The normalized spacial score (nSPS) is 15.7. The highest BCUT2D eigenvalue weighted by Crippen LogP contribution is 2.25. The van der Waals surface area contributed by atoms with Crippen LogP contribution in [0.1, 0.15) is 33.9 Å². The zero-order chi connectivity index (χ0) is 27.2. The zero-order valence-corrected chi connectivity index (χ0v) is 20.7. The van der Waals surface area contributed by atoms with Gasteiger partial charge in [0.05, 0.1) is 56.6 Å². The molecule has 2 atom stereocenters. The van der Waals surface area contributed by atoms with Crippen LogP contribution in [0.4, 0.5) is 14.5 Å². The standard InChI is InChI=1S/C25H27F2N7O4/c1-13-3-4-18(27)16(5-13)20(8-23(36)38-2)32-22(35)12-28-24(37)14-6-19(17-11-31-34-21(17)7-14)33-25-29-9-15(26)10-30-25/h3-7,11,15,20H,8-10,12H2,1-2H3,(H,28,37)(H,31,34)(H,32,35)(H2,29,30,33)/t20-/m0/s1. The number of methoxy groups -OCH3 is 1. The molecule has 0 fully saturated rings.